The monoisotopic (exact) mass is 314 g/mol. The van der Waals surface area contributed by atoms with Crippen molar-refractivity contribution in [2.24, 2.45) is 5.92 Å². The lowest BCUT2D eigenvalue weighted by molar-refractivity contribution is -0.119. The fourth-order valence-corrected chi connectivity index (χ4v) is 2.08. The van der Waals surface area contributed by atoms with Crippen LogP contribution in [-0.2, 0) is 11.3 Å². The van der Waals surface area contributed by atoms with Gasteiger partial charge in [0.1, 0.15) is 0 Å². The summed E-state index contributed by atoms with van der Waals surface area (Å²) < 4.78 is 5.16. The zero-order chi connectivity index (χ0) is 16.8. The maximum absolute atomic E-state index is 12.0. The highest BCUT2D eigenvalue weighted by molar-refractivity contribution is 5.93. The van der Waals surface area contributed by atoms with Crippen molar-refractivity contribution in [3.8, 4) is 0 Å². The first-order valence-corrected chi connectivity index (χ1v) is 7.73. The quantitative estimate of drug-likeness (QED) is 0.857. The van der Waals surface area contributed by atoms with E-state index in [0.717, 1.165) is 23.2 Å². The number of carbonyl (C=O) groups is 2. The van der Waals surface area contributed by atoms with E-state index in [4.69, 9.17) is 4.42 Å². The number of amides is 2. The molecular formula is C18H22N2O3. The van der Waals surface area contributed by atoms with Crippen LogP contribution in [-0.4, -0.2) is 11.8 Å². The largest absolute Gasteiger partial charge is 0.459 e. The third kappa shape index (κ3) is 4.45. The maximum Gasteiger partial charge on any atom is 0.287 e. The molecule has 0 radical (unpaired) electrons. The molecule has 1 heterocycles. The zero-order valence-corrected chi connectivity index (χ0v) is 13.7. The van der Waals surface area contributed by atoms with E-state index in [1.54, 1.807) is 6.07 Å². The van der Waals surface area contributed by atoms with Gasteiger partial charge in [-0.3, -0.25) is 9.59 Å². The molecule has 0 saturated heterocycles. The van der Waals surface area contributed by atoms with Gasteiger partial charge in [-0.2, -0.15) is 0 Å². The minimum atomic E-state index is -0.249. The van der Waals surface area contributed by atoms with Gasteiger partial charge in [0.2, 0.25) is 5.91 Å². The van der Waals surface area contributed by atoms with Crippen LogP contribution in [0.25, 0.3) is 0 Å². The van der Waals surface area contributed by atoms with Crippen molar-refractivity contribution in [3.63, 3.8) is 0 Å². The van der Waals surface area contributed by atoms with Crippen molar-refractivity contribution in [2.45, 2.75) is 33.7 Å². The third-order valence-corrected chi connectivity index (χ3v) is 3.78. The Hall–Kier alpha value is -2.56. The molecule has 2 rings (SSSR count). The molecule has 0 unspecified atom stereocenters. The second-order valence-corrected chi connectivity index (χ2v) is 5.61. The molecule has 0 saturated carbocycles. The standard InChI is InChI=1S/C18H22N2O3/c1-4-12(2)17(21)20-15-7-5-6-14(10-15)11-19-18(22)16-13(3)8-9-23-16/h5-10,12H,4,11H2,1-3H3,(H,19,22)(H,20,21)/t12-/m1/s1. The van der Waals surface area contributed by atoms with Crippen LogP contribution < -0.4 is 10.6 Å². The highest BCUT2D eigenvalue weighted by Gasteiger charge is 2.13. The van der Waals surface area contributed by atoms with Crippen molar-refractivity contribution < 1.29 is 14.0 Å². The van der Waals surface area contributed by atoms with Crippen molar-refractivity contribution in [1.82, 2.24) is 5.32 Å². The van der Waals surface area contributed by atoms with E-state index in [2.05, 4.69) is 10.6 Å². The smallest absolute Gasteiger partial charge is 0.287 e. The van der Waals surface area contributed by atoms with Crippen LogP contribution in [0.4, 0.5) is 5.69 Å². The Bertz CT molecular complexity index is 691. The lowest BCUT2D eigenvalue weighted by atomic mass is 10.1. The van der Waals surface area contributed by atoms with E-state index in [1.165, 1.54) is 6.26 Å². The first kappa shape index (κ1) is 16.8. The van der Waals surface area contributed by atoms with Crippen LogP contribution in [0, 0.1) is 12.8 Å². The minimum absolute atomic E-state index is 0.0000964. The van der Waals surface area contributed by atoms with Gasteiger partial charge in [0.25, 0.3) is 5.91 Å². The summed E-state index contributed by atoms with van der Waals surface area (Å²) in [4.78, 5) is 23.9. The van der Waals surface area contributed by atoms with Gasteiger partial charge in [-0.15, -0.1) is 0 Å². The maximum atomic E-state index is 12.0. The molecule has 1 aromatic carbocycles. The van der Waals surface area contributed by atoms with Crippen LogP contribution in [0.3, 0.4) is 0 Å². The zero-order valence-electron chi connectivity index (χ0n) is 13.7. The first-order valence-electron chi connectivity index (χ1n) is 7.73. The molecule has 0 spiro atoms. The lowest BCUT2D eigenvalue weighted by Gasteiger charge is -2.11. The van der Waals surface area contributed by atoms with Crippen LogP contribution in [0.15, 0.2) is 41.0 Å². The lowest BCUT2D eigenvalue weighted by Crippen LogP contribution is -2.23. The summed E-state index contributed by atoms with van der Waals surface area (Å²) in [5.41, 5.74) is 2.44. The van der Waals surface area contributed by atoms with Crippen LogP contribution in [0.1, 0.15) is 41.9 Å². The number of aryl methyl sites for hydroxylation is 1. The molecule has 0 aliphatic rings. The molecule has 5 heteroatoms. The predicted octanol–water partition coefficient (Wildman–Crippen LogP) is 3.50. The summed E-state index contributed by atoms with van der Waals surface area (Å²) in [5, 5.41) is 5.70. The summed E-state index contributed by atoms with van der Waals surface area (Å²) >= 11 is 0. The van der Waals surface area contributed by atoms with Crippen molar-refractivity contribution in [1.29, 1.82) is 0 Å². The second kappa shape index (κ2) is 7.63. The highest BCUT2D eigenvalue weighted by Crippen LogP contribution is 2.14. The Morgan fingerprint density at radius 2 is 2.04 bits per heavy atom. The van der Waals surface area contributed by atoms with Gasteiger partial charge < -0.3 is 15.1 Å². The molecular weight excluding hydrogens is 292 g/mol. The van der Waals surface area contributed by atoms with Crippen LogP contribution in [0.2, 0.25) is 0 Å². The van der Waals surface area contributed by atoms with E-state index >= 15 is 0 Å². The summed E-state index contributed by atoms with van der Waals surface area (Å²) in [7, 11) is 0. The molecule has 122 valence electrons. The molecule has 2 amide bonds. The van der Waals surface area contributed by atoms with E-state index in [9.17, 15) is 9.59 Å². The Kier molecular flexibility index (Phi) is 5.57. The number of carbonyl (C=O) groups excluding carboxylic acids is 2. The molecule has 0 bridgehead atoms. The average molecular weight is 314 g/mol. The topological polar surface area (TPSA) is 71.3 Å². The molecule has 0 aliphatic heterocycles. The number of anilines is 1. The Balaban J connectivity index is 1.96. The van der Waals surface area contributed by atoms with Gasteiger partial charge in [-0.1, -0.05) is 26.0 Å². The average Bonchev–Trinajstić information content (AvgIpc) is 2.98. The van der Waals surface area contributed by atoms with E-state index in [-0.39, 0.29) is 17.7 Å². The summed E-state index contributed by atoms with van der Waals surface area (Å²) in [6, 6.07) is 9.19. The Labute approximate surface area is 136 Å². The molecule has 0 aliphatic carbocycles. The Morgan fingerprint density at radius 3 is 2.70 bits per heavy atom. The van der Waals surface area contributed by atoms with Gasteiger partial charge in [0.05, 0.1) is 6.26 Å². The highest BCUT2D eigenvalue weighted by atomic mass is 16.3. The molecule has 2 N–H and O–H groups in total. The second-order valence-electron chi connectivity index (χ2n) is 5.61. The van der Waals surface area contributed by atoms with Crippen LogP contribution in [0.5, 0.6) is 0 Å². The van der Waals surface area contributed by atoms with Gasteiger partial charge in [-0.25, -0.2) is 0 Å². The fraction of sp³-hybridized carbons (Fsp3) is 0.333. The SMILES string of the molecule is CC[C@@H](C)C(=O)Nc1cccc(CNC(=O)c2occc2C)c1. The van der Waals surface area contributed by atoms with E-state index in [0.29, 0.717) is 12.3 Å². The van der Waals surface area contributed by atoms with Crippen molar-refractivity contribution in [3.05, 3.63) is 53.5 Å². The molecule has 1 aromatic heterocycles. The molecule has 0 fully saturated rings. The van der Waals surface area contributed by atoms with Gasteiger partial charge >= 0.3 is 0 Å². The fourth-order valence-electron chi connectivity index (χ4n) is 2.08. The summed E-state index contributed by atoms with van der Waals surface area (Å²) in [5.74, 6) is 0.0490. The molecule has 5 nitrogen and oxygen atoms in total. The number of benzene rings is 1. The first-order chi connectivity index (χ1) is 11.0. The van der Waals surface area contributed by atoms with Crippen molar-refractivity contribution >= 4 is 17.5 Å². The number of rotatable bonds is 6. The third-order valence-electron chi connectivity index (χ3n) is 3.78. The van der Waals surface area contributed by atoms with E-state index < -0.39 is 0 Å². The number of hydrogen-bond donors (Lipinski definition) is 2. The van der Waals surface area contributed by atoms with E-state index in [1.807, 2.05) is 45.0 Å². The summed E-state index contributed by atoms with van der Waals surface area (Å²) in [6.45, 7) is 6.06. The number of hydrogen-bond acceptors (Lipinski definition) is 3. The number of furan rings is 1. The summed E-state index contributed by atoms with van der Waals surface area (Å²) in [6.07, 6.45) is 2.29. The molecule has 2 aromatic rings. The predicted molar refractivity (Wildman–Crippen MR) is 89.1 cm³/mol. The Morgan fingerprint density at radius 1 is 1.26 bits per heavy atom. The normalized spacial score (nSPS) is 11.8. The van der Waals surface area contributed by atoms with Gasteiger partial charge in [0, 0.05) is 23.7 Å². The molecule has 23 heavy (non-hydrogen) atoms. The minimum Gasteiger partial charge on any atom is -0.459 e. The van der Waals surface area contributed by atoms with Gasteiger partial charge in [0.15, 0.2) is 5.76 Å². The number of nitrogens with one attached hydrogen (secondary N) is 2. The molecule has 1 atom stereocenters. The van der Waals surface area contributed by atoms with Crippen molar-refractivity contribution in [2.75, 3.05) is 5.32 Å². The van der Waals surface area contributed by atoms with Gasteiger partial charge in [-0.05, 0) is 37.1 Å². The van der Waals surface area contributed by atoms with Crippen LogP contribution >= 0.6 is 0 Å².